The maximum absolute atomic E-state index is 11.9. The minimum atomic E-state index is -0.731. The Bertz CT molecular complexity index is 541. The average molecular weight is 335 g/mol. The van der Waals surface area contributed by atoms with E-state index in [1.165, 1.54) is 11.0 Å². The predicted octanol–water partition coefficient (Wildman–Crippen LogP) is 1.97. The Morgan fingerprint density at radius 3 is 2.58 bits per heavy atom. The van der Waals surface area contributed by atoms with E-state index in [0.29, 0.717) is 13.2 Å². The molecule has 0 aliphatic heterocycles. The highest BCUT2D eigenvalue weighted by Crippen LogP contribution is 2.11. The first-order chi connectivity index (χ1) is 11.4. The number of benzene rings is 1. The van der Waals surface area contributed by atoms with Gasteiger partial charge in [-0.05, 0) is 26.0 Å². The van der Waals surface area contributed by atoms with Crippen molar-refractivity contribution >= 4 is 11.9 Å². The van der Waals surface area contributed by atoms with Crippen LogP contribution in [-0.2, 0) is 19.1 Å². The molecule has 1 amide bonds. The van der Waals surface area contributed by atoms with Crippen molar-refractivity contribution in [3.05, 3.63) is 42.5 Å². The average Bonchev–Trinajstić information content (AvgIpc) is 2.58. The van der Waals surface area contributed by atoms with Crippen LogP contribution in [0.3, 0.4) is 0 Å². The van der Waals surface area contributed by atoms with Crippen LogP contribution in [0, 0.1) is 6.92 Å². The topological polar surface area (TPSA) is 65.1 Å². The largest absolute Gasteiger partial charge is 0.492 e. The number of aryl methyl sites for hydroxylation is 1. The number of rotatable bonds is 10. The quantitative estimate of drug-likeness (QED) is 0.483. The summed E-state index contributed by atoms with van der Waals surface area (Å²) in [7, 11) is 1.63. The van der Waals surface area contributed by atoms with Crippen molar-refractivity contribution in [1.29, 1.82) is 0 Å². The van der Waals surface area contributed by atoms with Gasteiger partial charge in [-0.15, -0.1) is 6.58 Å². The standard InChI is InChI=1S/C18H25NO5/c1-5-11-22-15(3)18(21)24-13-17(20)19(4)10-12-23-16-8-6-14(2)7-9-16/h5-9,15H,1,10-13H2,2-4H3. The van der Waals surface area contributed by atoms with Crippen LogP contribution in [0.5, 0.6) is 5.75 Å². The zero-order valence-corrected chi connectivity index (χ0v) is 14.5. The molecule has 0 bridgehead atoms. The number of hydrogen-bond acceptors (Lipinski definition) is 5. The van der Waals surface area contributed by atoms with Gasteiger partial charge in [-0.25, -0.2) is 4.79 Å². The van der Waals surface area contributed by atoms with Gasteiger partial charge < -0.3 is 19.1 Å². The fourth-order valence-electron chi connectivity index (χ4n) is 1.70. The van der Waals surface area contributed by atoms with Crippen molar-refractivity contribution < 1.29 is 23.8 Å². The van der Waals surface area contributed by atoms with E-state index in [0.717, 1.165) is 11.3 Å². The van der Waals surface area contributed by atoms with Gasteiger partial charge in [0.1, 0.15) is 12.4 Å². The summed E-state index contributed by atoms with van der Waals surface area (Å²) >= 11 is 0. The molecular weight excluding hydrogens is 310 g/mol. The van der Waals surface area contributed by atoms with Gasteiger partial charge in [0, 0.05) is 7.05 Å². The zero-order valence-electron chi connectivity index (χ0n) is 14.5. The first kappa shape index (κ1) is 19.7. The molecule has 1 unspecified atom stereocenters. The summed E-state index contributed by atoms with van der Waals surface area (Å²) in [6.45, 7) is 7.75. The van der Waals surface area contributed by atoms with Gasteiger partial charge >= 0.3 is 5.97 Å². The lowest BCUT2D eigenvalue weighted by atomic mass is 10.2. The van der Waals surface area contributed by atoms with Crippen molar-refractivity contribution in [3.8, 4) is 5.75 Å². The molecule has 24 heavy (non-hydrogen) atoms. The molecule has 0 saturated heterocycles. The molecule has 1 atom stereocenters. The van der Waals surface area contributed by atoms with Gasteiger partial charge in [-0.2, -0.15) is 0 Å². The predicted molar refractivity (Wildman–Crippen MR) is 90.9 cm³/mol. The minimum Gasteiger partial charge on any atom is -0.492 e. The highest BCUT2D eigenvalue weighted by molar-refractivity contribution is 5.81. The maximum Gasteiger partial charge on any atom is 0.335 e. The third kappa shape index (κ3) is 7.28. The molecule has 1 aromatic rings. The van der Waals surface area contributed by atoms with Crippen LogP contribution in [0.2, 0.25) is 0 Å². The molecule has 1 aromatic carbocycles. The Balaban J connectivity index is 2.25. The number of nitrogens with zero attached hydrogens (tertiary/aromatic N) is 1. The van der Waals surface area contributed by atoms with Gasteiger partial charge in [0.15, 0.2) is 12.7 Å². The Morgan fingerprint density at radius 2 is 1.96 bits per heavy atom. The number of carbonyl (C=O) groups is 2. The fraction of sp³-hybridized carbons (Fsp3) is 0.444. The Labute approximate surface area is 143 Å². The van der Waals surface area contributed by atoms with E-state index in [9.17, 15) is 9.59 Å². The summed E-state index contributed by atoms with van der Waals surface area (Å²) in [5.41, 5.74) is 1.16. The number of ether oxygens (including phenoxy) is 3. The molecule has 0 fully saturated rings. The third-order valence-electron chi connectivity index (χ3n) is 3.28. The monoisotopic (exact) mass is 335 g/mol. The Hall–Kier alpha value is -2.34. The fourth-order valence-corrected chi connectivity index (χ4v) is 1.70. The second-order valence-corrected chi connectivity index (χ2v) is 5.35. The zero-order chi connectivity index (χ0) is 17.9. The second kappa shape index (κ2) is 10.4. The molecule has 0 aliphatic rings. The lowest BCUT2D eigenvalue weighted by Crippen LogP contribution is -2.35. The van der Waals surface area contributed by atoms with Crippen molar-refractivity contribution in [3.63, 3.8) is 0 Å². The van der Waals surface area contributed by atoms with Crippen LogP contribution in [-0.4, -0.2) is 56.3 Å². The SMILES string of the molecule is C=CCOC(C)C(=O)OCC(=O)N(C)CCOc1ccc(C)cc1. The minimum absolute atomic E-state index is 0.250. The number of amides is 1. The summed E-state index contributed by atoms with van der Waals surface area (Å²) in [5, 5.41) is 0. The molecule has 1 rings (SSSR count). The Kier molecular flexibility index (Phi) is 8.57. The highest BCUT2D eigenvalue weighted by atomic mass is 16.6. The molecule has 0 aromatic heterocycles. The number of esters is 1. The van der Waals surface area contributed by atoms with Crippen molar-refractivity contribution in [1.82, 2.24) is 4.90 Å². The highest BCUT2D eigenvalue weighted by Gasteiger charge is 2.17. The van der Waals surface area contributed by atoms with E-state index < -0.39 is 12.1 Å². The van der Waals surface area contributed by atoms with Gasteiger partial charge in [0.25, 0.3) is 5.91 Å². The van der Waals surface area contributed by atoms with Crippen molar-refractivity contribution in [2.24, 2.45) is 0 Å². The lowest BCUT2D eigenvalue weighted by molar-refractivity contribution is -0.160. The smallest absolute Gasteiger partial charge is 0.335 e. The molecule has 132 valence electrons. The van der Waals surface area contributed by atoms with Crippen molar-refractivity contribution in [2.75, 3.05) is 33.4 Å². The maximum atomic E-state index is 11.9. The van der Waals surface area contributed by atoms with Crippen LogP contribution in [0.1, 0.15) is 12.5 Å². The molecule has 0 saturated carbocycles. The van der Waals surface area contributed by atoms with Crippen molar-refractivity contribution in [2.45, 2.75) is 20.0 Å². The molecule has 0 radical (unpaired) electrons. The molecule has 0 spiro atoms. The number of likely N-dealkylation sites (N-methyl/N-ethyl adjacent to an activating group) is 1. The van der Waals surface area contributed by atoms with E-state index in [-0.39, 0.29) is 19.1 Å². The Morgan fingerprint density at radius 1 is 1.29 bits per heavy atom. The molecule has 0 N–H and O–H groups in total. The summed E-state index contributed by atoms with van der Waals surface area (Å²) in [4.78, 5) is 25.0. The molecule has 0 heterocycles. The van der Waals surface area contributed by atoms with Crippen LogP contribution in [0.25, 0.3) is 0 Å². The number of hydrogen-bond donors (Lipinski definition) is 0. The molecule has 0 aliphatic carbocycles. The van der Waals surface area contributed by atoms with E-state index in [2.05, 4.69) is 6.58 Å². The van der Waals surface area contributed by atoms with E-state index in [1.54, 1.807) is 14.0 Å². The van der Waals surface area contributed by atoms with Crippen LogP contribution >= 0.6 is 0 Å². The van der Waals surface area contributed by atoms with Crippen LogP contribution < -0.4 is 4.74 Å². The number of carbonyl (C=O) groups excluding carboxylic acids is 2. The van der Waals surface area contributed by atoms with Gasteiger partial charge in [-0.1, -0.05) is 23.8 Å². The summed E-state index contributed by atoms with van der Waals surface area (Å²) in [6.07, 6.45) is 0.808. The molecular formula is C18H25NO5. The normalized spacial score (nSPS) is 11.5. The van der Waals surface area contributed by atoms with E-state index >= 15 is 0 Å². The first-order valence-corrected chi connectivity index (χ1v) is 7.76. The van der Waals surface area contributed by atoms with E-state index in [4.69, 9.17) is 14.2 Å². The molecule has 6 nitrogen and oxygen atoms in total. The van der Waals surface area contributed by atoms with Gasteiger partial charge in [-0.3, -0.25) is 4.79 Å². The van der Waals surface area contributed by atoms with Crippen LogP contribution in [0.4, 0.5) is 0 Å². The first-order valence-electron chi connectivity index (χ1n) is 7.76. The lowest BCUT2D eigenvalue weighted by Gasteiger charge is -2.18. The third-order valence-corrected chi connectivity index (χ3v) is 3.28. The summed E-state index contributed by atoms with van der Waals surface area (Å²) in [6, 6.07) is 7.67. The summed E-state index contributed by atoms with van der Waals surface area (Å²) < 4.78 is 15.6. The van der Waals surface area contributed by atoms with Gasteiger partial charge in [0.2, 0.25) is 0 Å². The second-order valence-electron chi connectivity index (χ2n) is 5.35. The van der Waals surface area contributed by atoms with Crippen LogP contribution in [0.15, 0.2) is 36.9 Å². The molecule has 6 heteroatoms. The van der Waals surface area contributed by atoms with E-state index in [1.807, 2.05) is 31.2 Å². The van der Waals surface area contributed by atoms with Gasteiger partial charge in [0.05, 0.1) is 13.2 Å². The summed E-state index contributed by atoms with van der Waals surface area (Å²) in [5.74, 6) is -0.123.